The molecule has 1 amide bonds. The summed E-state index contributed by atoms with van der Waals surface area (Å²) in [6, 6.07) is 6.97. The van der Waals surface area contributed by atoms with Crippen molar-refractivity contribution in [3.8, 4) is 0 Å². The van der Waals surface area contributed by atoms with E-state index < -0.39 is 12.0 Å². The first-order chi connectivity index (χ1) is 10.0. The summed E-state index contributed by atoms with van der Waals surface area (Å²) < 4.78 is 0. The maximum Gasteiger partial charge on any atom is 0.326 e. The van der Waals surface area contributed by atoms with Crippen LogP contribution in [0.3, 0.4) is 0 Å². The van der Waals surface area contributed by atoms with E-state index in [4.69, 9.17) is 5.11 Å². The number of fused-ring (bicyclic) bond motifs is 1. The molecule has 0 saturated carbocycles. The molecule has 1 atom stereocenters. The lowest BCUT2D eigenvalue weighted by molar-refractivity contribution is -0.141. The fourth-order valence-corrected chi connectivity index (χ4v) is 2.51. The summed E-state index contributed by atoms with van der Waals surface area (Å²) in [6.45, 7) is 3.81. The molecule has 0 aliphatic rings. The minimum absolute atomic E-state index is 0.184. The Labute approximate surface area is 123 Å². The lowest BCUT2D eigenvalue weighted by Crippen LogP contribution is -2.41. The van der Waals surface area contributed by atoms with Crippen molar-refractivity contribution < 1.29 is 14.7 Å². The molecule has 1 unspecified atom stereocenters. The van der Waals surface area contributed by atoms with Gasteiger partial charge in [0, 0.05) is 16.6 Å². The second kappa shape index (κ2) is 6.43. The van der Waals surface area contributed by atoms with E-state index in [0.29, 0.717) is 12.8 Å². The van der Waals surface area contributed by atoms with Gasteiger partial charge in [0.25, 0.3) is 0 Å². The number of aryl methyl sites for hydroxylation is 1. The number of nitrogens with one attached hydrogen (secondary N) is 2. The number of carbonyl (C=O) groups is 2. The SMILES string of the molecule is CCCC(NC(=O)Cc1c(C)[nH]c2ccccc12)C(=O)O. The highest BCUT2D eigenvalue weighted by molar-refractivity contribution is 5.91. The molecule has 1 aromatic carbocycles. The number of aromatic amines is 1. The number of amides is 1. The molecule has 5 heteroatoms. The summed E-state index contributed by atoms with van der Waals surface area (Å²) >= 11 is 0. The molecule has 112 valence electrons. The molecule has 1 aromatic heterocycles. The van der Waals surface area contributed by atoms with Gasteiger partial charge in [-0.1, -0.05) is 31.5 Å². The van der Waals surface area contributed by atoms with Crippen LogP contribution >= 0.6 is 0 Å². The van der Waals surface area contributed by atoms with Crippen LogP contribution in [-0.4, -0.2) is 28.0 Å². The summed E-state index contributed by atoms with van der Waals surface area (Å²) in [5.74, 6) is -1.25. The Morgan fingerprint density at radius 3 is 2.71 bits per heavy atom. The van der Waals surface area contributed by atoms with Gasteiger partial charge in [-0.05, 0) is 25.0 Å². The van der Waals surface area contributed by atoms with E-state index in [1.165, 1.54) is 0 Å². The van der Waals surface area contributed by atoms with E-state index in [0.717, 1.165) is 22.2 Å². The van der Waals surface area contributed by atoms with Gasteiger partial charge in [-0.15, -0.1) is 0 Å². The minimum atomic E-state index is -0.985. The van der Waals surface area contributed by atoms with Crippen molar-refractivity contribution in [2.45, 2.75) is 39.2 Å². The summed E-state index contributed by atoms with van der Waals surface area (Å²) in [7, 11) is 0. The summed E-state index contributed by atoms with van der Waals surface area (Å²) in [5.41, 5.74) is 2.85. The van der Waals surface area contributed by atoms with Crippen LogP contribution in [0.1, 0.15) is 31.0 Å². The van der Waals surface area contributed by atoms with Crippen molar-refractivity contribution in [1.82, 2.24) is 10.3 Å². The van der Waals surface area contributed by atoms with Crippen LogP contribution in [0, 0.1) is 6.92 Å². The molecule has 21 heavy (non-hydrogen) atoms. The number of rotatable bonds is 6. The number of aliphatic carboxylic acids is 1. The van der Waals surface area contributed by atoms with Gasteiger partial charge in [-0.3, -0.25) is 4.79 Å². The number of benzene rings is 1. The summed E-state index contributed by atoms with van der Waals surface area (Å²) in [5, 5.41) is 12.7. The Balaban J connectivity index is 2.14. The van der Waals surface area contributed by atoms with Crippen molar-refractivity contribution in [1.29, 1.82) is 0 Å². The standard InChI is InChI=1S/C16H20N2O3/c1-3-6-14(16(20)21)18-15(19)9-12-10(2)17-13-8-5-4-7-11(12)13/h4-5,7-8,14,17H,3,6,9H2,1-2H3,(H,18,19)(H,20,21). The van der Waals surface area contributed by atoms with E-state index >= 15 is 0 Å². The molecule has 0 spiro atoms. The quantitative estimate of drug-likeness (QED) is 0.763. The van der Waals surface area contributed by atoms with Gasteiger partial charge >= 0.3 is 5.97 Å². The van der Waals surface area contributed by atoms with E-state index in [9.17, 15) is 9.59 Å². The van der Waals surface area contributed by atoms with Crippen LogP contribution in [0.15, 0.2) is 24.3 Å². The van der Waals surface area contributed by atoms with Gasteiger partial charge in [0.1, 0.15) is 6.04 Å². The Bertz CT molecular complexity index is 661. The second-order valence-electron chi connectivity index (χ2n) is 5.20. The Morgan fingerprint density at radius 1 is 1.33 bits per heavy atom. The molecule has 2 aromatic rings. The topological polar surface area (TPSA) is 82.2 Å². The number of carboxylic acid groups (broad SMARTS) is 1. The summed E-state index contributed by atoms with van der Waals surface area (Å²) in [6.07, 6.45) is 1.33. The highest BCUT2D eigenvalue weighted by atomic mass is 16.4. The van der Waals surface area contributed by atoms with Crippen LogP contribution in [0.2, 0.25) is 0 Å². The number of hydrogen-bond acceptors (Lipinski definition) is 2. The second-order valence-corrected chi connectivity index (χ2v) is 5.20. The van der Waals surface area contributed by atoms with Crippen molar-refractivity contribution in [3.63, 3.8) is 0 Å². The van der Waals surface area contributed by atoms with Gasteiger partial charge in [-0.25, -0.2) is 4.79 Å². The van der Waals surface area contributed by atoms with Crippen LogP contribution in [0.25, 0.3) is 10.9 Å². The Kier molecular flexibility index (Phi) is 4.62. The monoisotopic (exact) mass is 288 g/mol. The average molecular weight is 288 g/mol. The van der Waals surface area contributed by atoms with Crippen molar-refractivity contribution in [2.75, 3.05) is 0 Å². The molecule has 0 bridgehead atoms. The van der Waals surface area contributed by atoms with Crippen LogP contribution < -0.4 is 5.32 Å². The third-order valence-electron chi connectivity index (χ3n) is 3.58. The first-order valence-electron chi connectivity index (χ1n) is 7.11. The zero-order chi connectivity index (χ0) is 15.4. The molecule has 0 aliphatic heterocycles. The number of carboxylic acids is 1. The Morgan fingerprint density at radius 2 is 2.05 bits per heavy atom. The molecule has 2 rings (SSSR count). The number of H-pyrrole nitrogens is 1. The summed E-state index contributed by atoms with van der Waals surface area (Å²) in [4.78, 5) is 26.4. The third-order valence-corrected chi connectivity index (χ3v) is 3.58. The smallest absolute Gasteiger partial charge is 0.326 e. The van der Waals surface area contributed by atoms with E-state index in [2.05, 4.69) is 10.3 Å². The van der Waals surface area contributed by atoms with Crippen LogP contribution in [0.5, 0.6) is 0 Å². The van der Waals surface area contributed by atoms with Gasteiger partial charge in [0.2, 0.25) is 5.91 Å². The lowest BCUT2D eigenvalue weighted by atomic mass is 10.1. The maximum atomic E-state index is 12.1. The lowest BCUT2D eigenvalue weighted by Gasteiger charge is -2.13. The largest absolute Gasteiger partial charge is 0.480 e. The molecule has 0 fully saturated rings. The molecule has 1 heterocycles. The number of carbonyl (C=O) groups excluding carboxylic acids is 1. The third kappa shape index (κ3) is 3.42. The van der Waals surface area contributed by atoms with Crippen molar-refractivity contribution in [3.05, 3.63) is 35.5 Å². The fraction of sp³-hybridized carbons (Fsp3) is 0.375. The van der Waals surface area contributed by atoms with Crippen molar-refractivity contribution >= 4 is 22.8 Å². The zero-order valence-electron chi connectivity index (χ0n) is 12.3. The molecular formula is C16H20N2O3. The van der Waals surface area contributed by atoms with Gasteiger partial charge in [0.15, 0.2) is 0 Å². The molecule has 3 N–H and O–H groups in total. The van der Waals surface area contributed by atoms with E-state index in [-0.39, 0.29) is 12.3 Å². The Hall–Kier alpha value is -2.30. The van der Waals surface area contributed by atoms with E-state index in [1.54, 1.807) is 0 Å². The van der Waals surface area contributed by atoms with Crippen LogP contribution in [0.4, 0.5) is 0 Å². The molecule has 5 nitrogen and oxygen atoms in total. The molecular weight excluding hydrogens is 268 g/mol. The fourth-order valence-electron chi connectivity index (χ4n) is 2.51. The molecule has 0 aliphatic carbocycles. The number of aromatic nitrogens is 1. The molecule has 0 radical (unpaired) electrons. The minimum Gasteiger partial charge on any atom is -0.480 e. The van der Waals surface area contributed by atoms with Crippen molar-refractivity contribution in [2.24, 2.45) is 0 Å². The molecule has 0 saturated heterocycles. The first-order valence-corrected chi connectivity index (χ1v) is 7.11. The van der Waals surface area contributed by atoms with Gasteiger partial charge in [0.05, 0.1) is 6.42 Å². The average Bonchev–Trinajstić information content (AvgIpc) is 2.75. The van der Waals surface area contributed by atoms with Crippen LogP contribution in [-0.2, 0) is 16.0 Å². The predicted octanol–water partition coefficient (Wildman–Crippen LogP) is 2.39. The highest BCUT2D eigenvalue weighted by Crippen LogP contribution is 2.22. The highest BCUT2D eigenvalue weighted by Gasteiger charge is 2.20. The van der Waals surface area contributed by atoms with Gasteiger partial charge < -0.3 is 15.4 Å². The van der Waals surface area contributed by atoms with E-state index in [1.807, 2.05) is 38.1 Å². The normalized spacial score (nSPS) is 12.3. The number of hydrogen-bond donors (Lipinski definition) is 3. The predicted molar refractivity (Wildman–Crippen MR) is 81.2 cm³/mol. The van der Waals surface area contributed by atoms with Gasteiger partial charge in [-0.2, -0.15) is 0 Å². The number of para-hydroxylation sites is 1. The zero-order valence-corrected chi connectivity index (χ0v) is 12.3. The first kappa shape index (κ1) is 15.1. The maximum absolute atomic E-state index is 12.1.